The maximum atomic E-state index is 11.5. The van der Waals surface area contributed by atoms with Gasteiger partial charge in [0.1, 0.15) is 6.61 Å². The summed E-state index contributed by atoms with van der Waals surface area (Å²) in [5, 5.41) is 3.51. The molecule has 18 heavy (non-hydrogen) atoms. The SMILES string of the molecule is CC1CC(Nc2cccc(N3CCOC3=O)c2)C1. The second-order valence-electron chi connectivity index (χ2n) is 5.23. The van der Waals surface area contributed by atoms with Crippen LogP contribution < -0.4 is 10.2 Å². The lowest BCUT2D eigenvalue weighted by atomic mass is 9.82. The van der Waals surface area contributed by atoms with E-state index in [0.29, 0.717) is 19.2 Å². The molecule has 4 nitrogen and oxygen atoms in total. The van der Waals surface area contributed by atoms with Crippen molar-refractivity contribution < 1.29 is 9.53 Å². The highest BCUT2D eigenvalue weighted by molar-refractivity contribution is 5.89. The summed E-state index contributed by atoms with van der Waals surface area (Å²) in [5.74, 6) is 0.833. The molecule has 0 atom stereocenters. The highest BCUT2D eigenvalue weighted by Crippen LogP contribution is 2.30. The molecule has 0 bridgehead atoms. The zero-order valence-corrected chi connectivity index (χ0v) is 10.6. The van der Waals surface area contributed by atoms with Crippen LogP contribution in [0.2, 0.25) is 0 Å². The van der Waals surface area contributed by atoms with E-state index in [9.17, 15) is 4.79 Å². The number of cyclic esters (lactones) is 1. The van der Waals surface area contributed by atoms with Gasteiger partial charge in [-0.25, -0.2) is 4.79 Å². The first-order valence-corrected chi connectivity index (χ1v) is 6.53. The zero-order valence-electron chi connectivity index (χ0n) is 10.6. The van der Waals surface area contributed by atoms with Crippen molar-refractivity contribution in [2.24, 2.45) is 5.92 Å². The predicted molar refractivity (Wildman–Crippen MR) is 70.9 cm³/mol. The average Bonchev–Trinajstić information content (AvgIpc) is 2.74. The first kappa shape index (κ1) is 11.4. The Balaban J connectivity index is 1.70. The van der Waals surface area contributed by atoms with Gasteiger partial charge in [0, 0.05) is 17.4 Å². The Kier molecular flexibility index (Phi) is 2.86. The van der Waals surface area contributed by atoms with Crippen molar-refractivity contribution in [3.8, 4) is 0 Å². The van der Waals surface area contributed by atoms with Gasteiger partial charge in [0.15, 0.2) is 0 Å². The lowest BCUT2D eigenvalue weighted by molar-refractivity contribution is 0.181. The molecule has 1 aliphatic heterocycles. The van der Waals surface area contributed by atoms with Crippen LogP contribution >= 0.6 is 0 Å². The zero-order chi connectivity index (χ0) is 12.5. The van der Waals surface area contributed by atoms with Crippen LogP contribution in [-0.4, -0.2) is 25.3 Å². The molecule has 3 rings (SSSR count). The molecule has 2 aliphatic rings. The van der Waals surface area contributed by atoms with Crippen molar-refractivity contribution in [2.75, 3.05) is 23.4 Å². The maximum Gasteiger partial charge on any atom is 0.414 e. The van der Waals surface area contributed by atoms with Crippen LogP contribution in [0.1, 0.15) is 19.8 Å². The number of amides is 1. The fourth-order valence-corrected chi connectivity index (χ4v) is 2.65. The Labute approximate surface area is 107 Å². The first-order chi connectivity index (χ1) is 8.72. The number of carbonyl (C=O) groups is 1. The van der Waals surface area contributed by atoms with Crippen LogP contribution in [0.15, 0.2) is 24.3 Å². The van der Waals surface area contributed by atoms with Gasteiger partial charge in [0.25, 0.3) is 0 Å². The molecular weight excluding hydrogens is 228 g/mol. The molecule has 1 aromatic rings. The molecule has 1 amide bonds. The lowest BCUT2D eigenvalue weighted by Crippen LogP contribution is -2.33. The molecule has 1 saturated heterocycles. The van der Waals surface area contributed by atoms with E-state index < -0.39 is 0 Å². The van der Waals surface area contributed by atoms with Gasteiger partial charge in [-0.2, -0.15) is 0 Å². The Morgan fingerprint density at radius 2 is 2.22 bits per heavy atom. The summed E-state index contributed by atoms with van der Waals surface area (Å²) in [6.07, 6.45) is 2.22. The average molecular weight is 246 g/mol. The molecule has 1 N–H and O–H groups in total. The Bertz CT molecular complexity index is 455. The van der Waals surface area contributed by atoms with Crippen LogP contribution in [0.25, 0.3) is 0 Å². The summed E-state index contributed by atoms with van der Waals surface area (Å²) in [4.78, 5) is 13.2. The molecule has 0 radical (unpaired) electrons. The van der Waals surface area contributed by atoms with E-state index in [1.54, 1.807) is 4.90 Å². The fraction of sp³-hybridized carbons (Fsp3) is 0.500. The minimum atomic E-state index is -0.246. The van der Waals surface area contributed by atoms with E-state index in [-0.39, 0.29) is 6.09 Å². The molecule has 2 fully saturated rings. The van der Waals surface area contributed by atoms with E-state index in [1.807, 2.05) is 24.3 Å². The number of hydrogen-bond donors (Lipinski definition) is 1. The van der Waals surface area contributed by atoms with Crippen LogP contribution in [0.4, 0.5) is 16.2 Å². The second-order valence-corrected chi connectivity index (χ2v) is 5.23. The number of nitrogens with one attached hydrogen (secondary N) is 1. The van der Waals surface area contributed by atoms with Crippen LogP contribution in [0, 0.1) is 5.92 Å². The standard InChI is InChI=1S/C14H18N2O2/c1-10-7-12(8-10)15-11-3-2-4-13(9-11)16-5-6-18-14(16)17/h2-4,9-10,12,15H,5-8H2,1H3. The van der Waals surface area contributed by atoms with Crippen LogP contribution in [-0.2, 0) is 4.74 Å². The van der Waals surface area contributed by atoms with E-state index in [2.05, 4.69) is 12.2 Å². The Morgan fingerprint density at radius 3 is 2.89 bits per heavy atom. The summed E-state index contributed by atoms with van der Waals surface area (Å²) >= 11 is 0. The molecule has 1 aromatic carbocycles. The number of rotatable bonds is 3. The molecular formula is C14H18N2O2. The Morgan fingerprint density at radius 1 is 1.39 bits per heavy atom. The van der Waals surface area contributed by atoms with Gasteiger partial charge in [-0.15, -0.1) is 0 Å². The Hall–Kier alpha value is -1.71. The van der Waals surface area contributed by atoms with Gasteiger partial charge >= 0.3 is 6.09 Å². The van der Waals surface area contributed by atoms with Gasteiger partial charge < -0.3 is 10.1 Å². The van der Waals surface area contributed by atoms with Gasteiger partial charge in [0.2, 0.25) is 0 Å². The number of benzene rings is 1. The van der Waals surface area contributed by atoms with Crippen LogP contribution in [0.3, 0.4) is 0 Å². The minimum Gasteiger partial charge on any atom is -0.447 e. The normalized spacial score (nSPS) is 26.7. The number of anilines is 2. The smallest absolute Gasteiger partial charge is 0.414 e. The van der Waals surface area contributed by atoms with Crippen molar-refractivity contribution in [3.05, 3.63) is 24.3 Å². The molecule has 96 valence electrons. The summed E-state index contributed by atoms with van der Waals surface area (Å²) in [6.45, 7) is 3.40. The van der Waals surface area contributed by atoms with Gasteiger partial charge in [-0.3, -0.25) is 4.90 Å². The molecule has 1 aliphatic carbocycles. The topological polar surface area (TPSA) is 41.6 Å². The summed E-state index contributed by atoms with van der Waals surface area (Å²) in [7, 11) is 0. The quantitative estimate of drug-likeness (QED) is 0.891. The van der Waals surface area contributed by atoms with E-state index in [1.165, 1.54) is 12.8 Å². The van der Waals surface area contributed by atoms with E-state index >= 15 is 0 Å². The van der Waals surface area contributed by atoms with Crippen LogP contribution in [0.5, 0.6) is 0 Å². The first-order valence-electron chi connectivity index (χ1n) is 6.53. The number of carbonyl (C=O) groups excluding carboxylic acids is 1. The molecule has 0 spiro atoms. The van der Waals surface area contributed by atoms with Crippen molar-refractivity contribution in [1.82, 2.24) is 0 Å². The highest BCUT2D eigenvalue weighted by atomic mass is 16.6. The molecule has 4 heteroatoms. The molecule has 1 saturated carbocycles. The molecule has 0 unspecified atom stereocenters. The lowest BCUT2D eigenvalue weighted by Gasteiger charge is -2.34. The second kappa shape index (κ2) is 4.52. The van der Waals surface area contributed by atoms with E-state index in [4.69, 9.17) is 4.74 Å². The number of hydrogen-bond acceptors (Lipinski definition) is 3. The third kappa shape index (κ3) is 2.15. The number of nitrogens with zero attached hydrogens (tertiary/aromatic N) is 1. The van der Waals surface area contributed by atoms with Gasteiger partial charge in [0.05, 0.1) is 6.54 Å². The summed E-state index contributed by atoms with van der Waals surface area (Å²) < 4.78 is 4.95. The largest absolute Gasteiger partial charge is 0.447 e. The maximum absolute atomic E-state index is 11.5. The third-order valence-corrected chi connectivity index (χ3v) is 3.66. The summed E-state index contributed by atoms with van der Waals surface area (Å²) in [5.41, 5.74) is 2.00. The monoisotopic (exact) mass is 246 g/mol. The molecule has 1 heterocycles. The van der Waals surface area contributed by atoms with Crippen molar-refractivity contribution >= 4 is 17.5 Å². The fourth-order valence-electron chi connectivity index (χ4n) is 2.65. The minimum absolute atomic E-state index is 0.246. The van der Waals surface area contributed by atoms with Gasteiger partial charge in [-0.1, -0.05) is 13.0 Å². The molecule has 0 aromatic heterocycles. The van der Waals surface area contributed by atoms with Crippen molar-refractivity contribution in [1.29, 1.82) is 0 Å². The van der Waals surface area contributed by atoms with Crippen molar-refractivity contribution in [3.63, 3.8) is 0 Å². The highest BCUT2D eigenvalue weighted by Gasteiger charge is 2.26. The number of ether oxygens (including phenoxy) is 1. The van der Waals surface area contributed by atoms with E-state index in [0.717, 1.165) is 17.3 Å². The third-order valence-electron chi connectivity index (χ3n) is 3.66. The van der Waals surface area contributed by atoms with Crippen molar-refractivity contribution in [2.45, 2.75) is 25.8 Å². The summed E-state index contributed by atoms with van der Waals surface area (Å²) in [6, 6.07) is 8.58. The predicted octanol–water partition coefficient (Wildman–Crippen LogP) is 2.85. The van der Waals surface area contributed by atoms with Gasteiger partial charge in [-0.05, 0) is 37.0 Å².